The largest absolute Gasteiger partial charge is 0.573 e. The van der Waals surface area contributed by atoms with E-state index < -0.39 is 30.4 Å². The van der Waals surface area contributed by atoms with E-state index in [1.54, 1.807) is 0 Å². The summed E-state index contributed by atoms with van der Waals surface area (Å²) in [6, 6.07) is 9.02. The lowest BCUT2D eigenvalue weighted by atomic mass is 10.2. The van der Waals surface area contributed by atoms with Crippen molar-refractivity contribution in [3.05, 3.63) is 58.9 Å². The first kappa shape index (κ1) is 18.9. The third kappa shape index (κ3) is 6.15. The van der Waals surface area contributed by atoms with Crippen LogP contribution in [0.25, 0.3) is 0 Å². The van der Waals surface area contributed by atoms with E-state index in [1.807, 2.05) is 0 Å². The quantitative estimate of drug-likeness (QED) is 0.772. The molecule has 0 atom stereocenters. The molecular weight excluding hydrogens is 366 g/mol. The minimum atomic E-state index is -4.83. The van der Waals surface area contributed by atoms with E-state index in [0.717, 1.165) is 12.1 Å². The summed E-state index contributed by atoms with van der Waals surface area (Å²) < 4.78 is 59.0. The van der Waals surface area contributed by atoms with Crippen molar-refractivity contribution in [2.45, 2.75) is 12.9 Å². The highest BCUT2D eigenvalue weighted by Gasteiger charge is 2.31. The van der Waals surface area contributed by atoms with Crippen LogP contribution in [-0.4, -0.2) is 18.9 Å². The van der Waals surface area contributed by atoms with Gasteiger partial charge in [0.25, 0.3) is 5.91 Å². The van der Waals surface area contributed by atoms with Gasteiger partial charge in [0, 0.05) is 18.2 Å². The van der Waals surface area contributed by atoms with E-state index in [0.29, 0.717) is 0 Å². The molecule has 2 rings (SSSR count). The first-order valence-electron chi connectivity index (χ1n) is 6.93. The summed E-state index contributed by atoms with van der Waals surface area (Å²) in [4.78, 5) is 11.7. The molecule has 1 amide bonds. The molecule has 0 aliphatic heterocycles. The fourth-order valence-corrected chi connectivity index (χ4v) is 2.01. The molecule has 2 aromatic carbocycles. The lowest BCUT2D eigenvalue weighted by Crippen LogP contribution is -2.29. The molecule has 134 valence electrons. The number of carbonyl (C=O) groups is 1. The number of nitrogens with one attached hydrogen (secondary N) is 1. The lowest BCUT2D eigenvalue weighted by molar-refractivity contribution is -0.274. The van der Waals surface area contributed by atoms with Gasteiger partial charge in [0.05, 0.1) is 5.02 Å². The van der Waals surface area contributed by atoms with Crippen molar-refractivity contribution >= 4 is 17.5 Å². The number of benzene rings is 2. The second-order valence-electron chi connectivity index (χ2n) is 4.80. The first-order chi connectivity index (χ1) is 11.7. The SMILES string of the molecule is O=C(COc1ccc(F)c(Cl)c1)NCc1ccccc1OC(F)(F)F. The molecular formula is C16H12ClF4NO3. The average molecular weight is 378 g/mol. The van der Waals surface area contributed by atoms with Crippen LogP contribution in [0.3, 0.4) is 0 Å². The van der Waals surface area contributed by atoms with E-state index in [-0.39, 0.29) is 22.9 Å². The van der Waals surface area contributed by atoms with Gasteiger partial charge in [-0.1, -0.05) is 29.8 Å². The van der Waals surface area contributed by atoms with Crippen LogP contribution < -0.4 is 14.8 Å². The second-order valence-corrected chi connectivity index (χ2v) is 5.20. The van der Waals surface area contributed by atoms with Crippen molar-refractivity contribution < 1.29 is 31.8 Å². The van der Waals surface area contributed by atoms with Gasteiger partial charge in [-0.05, 0) is 18.2 Å². The summed E-state index contributed by atoms with van der Waals surface area (Å²) in [5.74, 6) is -1.43. The van der Waals surface area contributed by atoms with Gasteiger partial charge in [-0.25, -0.2) is 4.39 Å². The van der Waals surface area contributed by atoms with Gasteiger partial charge >= 0.3 is 6.36 Å². The first-order valence-corrected chi connectivity index (χ1v) is 7.30. The van der Waals surface area contributed by atoms with Crippen LogP contribution in [0.1, 0.15) is 5.56 Å². The van der Waals surface area contributed by atoms with Crippen molar-refractivity contribution in [3.63, 3.8) is 0 Å². The minimum absolute atomic E-state index is 0.151. The molecule has 0 saturated heterocycles. The molecule has 0 spiro atoms. The van der Waals surface area contributed by atoms with Gasteiger partial charge in [0.15, 0.2) is 6.61 Å². The molecule has 0 fully saturated rings. The summed E-state index contributed by atoms with van der Waals surface area (Å²) in [6.07, 6.45) is -4.83. The maximum atomic E-state index is 13.0. The number of hydrogen-bond donors (Lipinski definition) is 1. The average Bonchev–Trinajstić information content (AvgIpc) is 2.54. The van der Waals surface area contributed by atoms with Crippen molar-refractivity contribution in [1.29, 1.82) is 0 Å². The van der Waals surface area contributed by atoms with Gasteiger partial charge < -0.3 is 14.8 Å². The lowest BCUT2D eigenvalue weighted by Gasteiger charge is -2.13. The fraction of sp³-hybridized carbons (Fsp3) is 0.188. The maximum Gasteiger partial charge on any atom is 0.573 e. The predicted octanol–water partition coefficient (Wildman–Crippen LogP) is 4.07. The highest BCUT2D eigenvalue weighted by atomic mass is 35.5. The summed E-state index contributed by atoms with van der Waals surface area (Å²) >= 11 is 5.58. The van der Waals surface area contributed by atoms with Gasteiger partial charge in [-0.3, -0.25) is 4.79 Å². The van der Waals surface area contributed by atoms with Crippen LogP contribution in [-0.2, 0) is 11.3 Å². The molecule has 0 aromatic heterocycles. The van der Waals surface area contributed by atoms with Crippen LogP contribution >= 0.6 is 11.6 Å². The number of rotatable bonds is 6. The minimum Gasteiger partial charge on any atom is -0.484 e. The van der Waals surface area contributed by atoms with Crippen LogP contribution in [0.4, 0.5) is 17.6 Å². The van der Waals surface area contributed by atoms with Crippen molar-refractivity contribution in [1.82, 2.24) is 5.32 Å². The number of halogens is 5. The summed E-state index contributed by atoms with van der Waals surface area (Å²) in [5.41, 5.74) is 0.151. The Morgan fingerprint density at radius 2 is 1.88 bits per heavy atom. The molecule has 0 bridgehead atoms. The topological polar surface area (TPSA) is 47.6 Å². The van der Waals surface area contributed by atoms with Crippen molar-refractivity contribution in [2.75, 3.05) is 6.61 Å². The molecule has 0 aliphatic rings. The zero-order chi connectivity index (χ0) is 18.4. The Morgan fingerprint density at radius 3 is 2.56 bits per heavy atom. The second kappa shape index (κ2) is 8.06. The number of ether oxygens (including phenoxy) is 2. The highest BCUT2D eigenvalue weighted by molar-refractivity contribution is 6.30. The van der Waals surface area contributed by atoms with Crippen LogP contribution in [0.2, 0.25) is 5.02 Å². The predicted molar refractivity (Wildman–Crippen MR) is 81.9 cm³/mol. The Morgan fingerprint density at radius 1 is 1.16 bits per heavy atom. The third-order valence-corrected chi connectivity index (χ3v) is 3.22. The number of carbonyl (C=O) groups excluding carboxylic acids is 1. The monoisotopic (exact) mass is 377 g/mol. The van der Waals surface area contributed by atoms with Gasteiger partial charge in [-0.2, -0.15) is 0 Å². The fourth-order valence-electron chi connectivity index (χ4n) is 1.83. The third-order valence-electron chi connectivity index (χ3n) is 2.94. The Balaban J connectivity index is 1.89. The standard InChI is InChI=1S/C16H12ClF4NO3/c17-12-7-11(5-6-13(12)18)24-9-15(23)22-8-10-3-1-2-4-14(10)25-16(19,20)21/h1-7H,8-9H2,(H,22,23). The smallest absolute Gasteiger partial charge is 0.484 e. The highest BCUT2D eigenvalue weighted by Crippen LogP contribution is 2.26. The maximum absolute atomic E-state index is 13.0. The van der Waals surface area contributed by atoms with Crippen LogP contribution in [0, 0.1) is 5.82 Å². The molecule has 0 unspecified atom stereocenters. The Kier molecular flexibility index (Phi) is 6.08. The van der Waals surface area contributed by atoms with Gasteiger partial charge in [-0.15, -0.1) is 13.2 Å². The summed E-state index contributed by atoms with van der Waals surface area (Å²) in [6.45, 7) is -0.594. The number of hydrogen-bond acceptors (Lipinski definition) is 3. The zero-order valence-electron chi connectivity index (χ0n) is 12.6. The van der Waals surface area contributed by atoms with Crippen LogP contribution in [0.5, 0.6) is 11.5 Å². The Bertz CT molecular complexity index is 752. The van der Waals surface area contributed by atoms with Crippen molar-refractivity contribution in [2.24, 2.45) is 0 Å². The number of amides is 1. The van der Waals surface area contributed by atoms with E-state index in [9.17, 15) is 22.4 Å². The van der Waals surface area contributed by atoms with Gasteiger partial charge in [0.1, 0.15) is 17.3 Å². The molecule has 2 aromatic rings. The van der Waals surface area contributed by atoms with E-state index >= 15 is 0 Å². The molecule has 9 heteroatoms. The van der Waals surface area contributed by atoms with Crippen LogP contribution in [0.15, 0.2) is 42.5 Å². The van der Waals surface area contributed by atoms with E-state index in [2.05, 4.69) is 10.1 Å². The molecule has 0 heterocycles. The van der Waals surface area contributed by atoms with Gasteiger partial charge in [0.2, 0.25) is 0 Å². The molecule has 0 aliphatic carbocycles. The number of alkyl halides is 3. The van der Waals surface area contributed by atoms with E-state index in [1.165, 1.54) is 30.3 Å². The van der Waals surface area contributed by atoms with Crippen molar-refractivity contribution in [3.8, 4) is 11.5 Å². The van der Waals surface area contributed by atoms with E-state index in [4.69, 9.17) is 16.3 Å². The molecule has 1 N–H and O–H groups in total. The normalized spacial score (nSPS) is 11.1. The zero-order valence-corrected chi connectivity index (χ0v) is 13.3. The summed E-state index contributed by atoms with van der Waals surface area (Å²) in [7, 11) is 0. The summed E-state index contributed by atoms with van der Waals surface area (Å²) in [5, 5.41) is 2.25. The molecule has 0 radical (unpaired) electrons. The Hall–Kier alpha value is -2.48. The molecule has 25 heavy (non-hydrogen) atoms. The molecule has 4 nitrogen and oxygen atoms in total. The number of para-hydroxylation sites is 1. The molecule has 0 saturated carbocycles. The Labute approximate surface area is 145 Å².